The lowest BCUT2D eigenvalue weighted by Gasteiger charge is -2.15. The first-order valence-corrected chi connectivity index (χ1v) is 5.03. The lowest BCUT2D eigenvalue weighted by atomic mass is 10.2. The maximum absolute atomic E-state index is 11.8. The molecule has 5 nitrogen and oxygen atoms in total. The molecular weight excluding hydrogens is 210 g/mol. The van der Waals surface area contributed by atoms with Crippen LogP contribution >= 0.6 is 0 Å². The minimum absolute atomic E-state index is 0.0642. The second-order valence-corrected chi connectivity index (χ2v) is 3.66. The quantitative estimate of drug-likeness (QED) is 0.824. The normalized spacial score (nSPS) is 10.1. The maximum atomic E-state index is 11.8. The van der Waals surface area contributed by atoms with Crippen LogP contribution in [0.3, 0.4) is 0 Å². The second kappa shape index (κ2) is 5.34. The molecule has 0 radical (unpaired) electrons. The Morgan fingerprint density at radius 2 is 2.19 bits per heavy atom. The monoisotopic (exact) mass is 225 g/mol. The Morgan fingerprint density at radius 3 is 2.69 bits per heavy atom. The van der Waals surface area contributed by atoms with E-state index in [1.54, 1.807) is 20.0 Å². The number of carboxylic acids is 1. The summed E-state index contributed by atoms with van der Waals surface area (Å²) in [7, 11) is 1.63. The average molecular weight is 225 g/mol. The van der Waals surface area contributed by atoms with Gasteiger partial charge >= 0.3 is 5.97 Å². The minimum Gasteiger partial charge on any atom is -0.481 e. The minimum atomic E-state index is -0.852. The Labute approximate surface area is 93.7 Å². The topological polar surface area (TPSA) is 70.8 Å². The zero-order chi connectivity index (χ0) is 12.1. The van der Waals surface area contributed by atoms with Crippen LogP contribution in [0.15, 0.2) is 16.7 Å². The first-order chi connectivity index (χ1) is 7.52. The van der Waals surface area contributed by atoms with Gasteiger partial charge in [-0.25, -0.2) is 0 Å². The van der Waals surface area contributed by atoms with E-state index in [4.69, 9.17) is 9.52 Å². The number of furan rings is 1. The third kappa shape index (κ3) is 3.12. The van der Waals surface area contributed by atoms with Gasteiger partial charge < -0.3 is 14.4 Å². The van der Waals surface area contributed by atoms with Gasteiger partial charge in [-0.3, -0.25) is 9.59 Å². The van der Waals surface area contributed by atoms with E-state index >= 15 is 0 Å². The molecule has 0 saturated heterocycles. The Hall–Kier alpha value is -1.78. The van der Waals surface area contributed by atoms with Gasteiger partial charge in [0, 0.05) is 25.6 Å². The number of carbonyl (C=O) groups excluding carboxylic acids is 1. The summed E-state index contributed by atoms with van der Waals surface area (Å²) < 4.78 is 5.07. The fraction of sp³-hybridized carbons (Fsp3) is 0.455. The predicted molar refractivity (Wildman–Crippen MR) is 57.3 cm³/mol. The fourth-order valence-electron chi connectivity index (χ4n) is 1.33. The van der Waals surface area contributed by atoms with Crippen molar-refractivity contribution in [2.45, 2.75) is 19.8 Å². The number of carboxylic acid groups (broad SMARTS) is 1. The van der Waals surface area contributed by atoms with Gasteiger partial charge in [-0.2, -0.15) is 0 Å². The van der Waals surface area contributed by atoms with Crippen LogP contribution < -0.4 is 0 Å². The highest BCUT2D eigenvalue weighted by atomic mass is 16.4. The molecule has 0 saturated carbocycles. The van der Waals surface area contributed by atoms with Crippen molar-refractivity contribution in [2.24, 2.45) is 0 Å². The zero-order valence-electron chi connectivity index (χ0n) is 9.40. The molecular formula is C11H15NO4. The van der Waals surface area contributed by atoms with Crippen molar-refractivity contribution in [3.8, 4) is 0 Å². The molecule has 0 aromatic carbocycles. The SMILES string of the molecule is Cc1ccoc1C(=O)N(C)CCCC(=O)O. The molecule has 0 unspecified atom stereocenters. The Morgan fingerprint density at radius 1 is 1.50 bits per heavy atom. The summed E-state index contributed by atoms with van der Waals surface area (Å²) >= 11 is 0. The number of amides is 1. The van der Waals surface area contributed by atoms with Crippen LogP contribution in [0.1, 0.15) is 29.0 Å². The van der Waals surface area contributed by atoms with E-state index < -0.39 is 5.97 Å². The zero-order valence-corrected chi connectivity index (χ0v) is 9.40. The number of aryl methyl sites for hydroxylation is 1. The van der Waals surface area contributed by atoms with Gasteiger partial charge in [0.15, 0.2) is 5.76 Å². The van der Waals surface area contributed by atoms with E-state index in [2.05, 4.69) is 0 Å². The van der Waals surface area contributed by atoms with Crippen LogP contribution in [0.5, 0.6) is 0 Å². The molecule has 16 heavy (non-hydrogen) atoms. The molecule has 1 aromatic heterocycles. The van der Waals surface area contributed by atoms with Crippen molar-refractivity contribution in [1.29, 1.82) is 0 Å². The third-order valence-electron chi connectivity index (χ3n) is 2.29. The van der Waals surface area contributed by atoms with Gasteiger partial charge in [-0.05, 0) is 19.4 Å². The Balaban J connectivity index is 2.49. The van der Waals surface area contributed by atoms with Crippen molar-refractivity contribution in [3.05, 3.63) is 23.7 Å². The lowest BCUT2D eigenvalue weighted by molar-refractivity contribution is -0.137. The van der Waals surface area contributed by atoms with Crippen LogP contribution in [0.25, 0.3) is 0 Å². The summed E-state index contributed by atoms with van der Waals surface area (Å²) in [5, 5.41) is 8.47. The second-order valence-electron chi connectivity index (χ2n) is 3.66. The Kier molecular flexibility index (Phi) is 4.10. The number of nitrogens with zero attached hydrogens (tertiary/aromatic N) is 1. The molecule has 0 spiro atoms. The molecule has 0 bridgehead atoms. The van der Waals surface area contributed by atoms with Crippen molar-refractivity contribution >= 4 is 11.9 Å². The van der Waals surface area contributed by atoms with Crippen LogP contribution in [-0.2, 0) is 4.79 Å². The largest absolute Gasteiger partial charge is 0.481 e. The van der Waals surface area contributed by atoms with E-state index in [0.29, 0.717) is 18.7 Å². The number of aliphatic carboxylic acids is 1. The summed E-state index contributed by atoms with van der Waals surface area (Å²) in [5.41, 5.74) is 0.787. The molecule has 1 N–H and O–H groups in total. The summed E-state index contributed by atoms with van der Waals surface area (Å²) in [6.45, 7) is 2.20. The highest BCUT2D eigenvalue weighted by molar-refractivity contribution is 5.92. The van der Waals surface area contributed by atoms with E-state index in [1.165, 1.54) is 11.2 Å². The molecule has 1 amide bonds. The van der Waals surface area contributed by atoms with Gasteiger partial charge in [0.2, 0.25) is 0 Å². The van der Waals surface area contributed by atoms with Crippen molar-refractivity contribution < 1.29 is 19.1 Å². The maximum Gasteiger partial charge on any atom is 0.303 e. The van der Waals surface area contributed by atoms with Gasteiger partial charge in [0.25, 0.3) is 5.91 Å². The molecule has 1 heterocycles. The van der Waals surface area contributed by atoms with E-state index in [9.17, 15) is 9.59 Å². The first kappa shape index (κ1) is 12.3. The Bertz CT molecular complexity index is 383. The number of hydrogen-bond donors (Lipinski definition) is 1. The summed E-state index contributed by atoms with van der Waals surface area (Å²) in [5.74, 6) is -0.749. The van der Waals surface area contributed by atoms with Gasteiger partial charge in [0.05, 0.1) is 6.26 Å². The van der Waals surface area contributed by atoms with Crippen molar-refractivity contribution in [2.75, 3.05) is 13.6 Å². The molecule has 0 aliphatic heterocycles. The molecule has 0 aliphatic carbocycles. The van der Waals surface area contributed by atoms with Crippen LogP contribution in [0.4, 0.5) is 0 Å². The highest BCUT2D eigenvalue weighted by Gasteiger charge is 2.16. The van der Waals surface area contributed by atoms with E-state index in [0.717, 1.165) is 5.56 Å². The average Bonchev–Trinajstić information content (AvgIpc) is 2.62. The van der Waals surface area contributed by atoms with Gasteiger partial charge in [-0.15, -0.1) is 0 Å². The van der Waals surface area contributed by atoms with Crippen molar-refractivity contribution in [3.63, 3.8) is 0 Å². The first-order valence-electron chi connectivity index (χ1n) is 5.03. The molecule has 0 fully saturated rings. The molecule has 88 valence electrons. The highest BCUT2D eigenvalue weighted by Crippen LogP contribution is 2.11. The van der Waals surface area contributed by atoms with Gasteiger partial charge in [0.1, 0.15) is 0 Å². The number of rotatable bonds is 5. The summed E-state index contributed by atoms with van der Waals surface area (Å²) in [6, 6.07) is 1.72. The molecule has 5 heteroatoms. The standard InChI is InChI=1S/C11H15NO4/c1-8-5-7-16-10(8)11(15)12(2)6-3-4-9(13)14/h5,7H,3-4,6H2,1-2H3,(H,13,14). The molecule has 1 aromatic rings. The van der Waals surface area contributed by atoms with E-state index in [-0.39, 0.29) is 12.3 Å². The molecule has 1 rings (SSSR count). The fourth-order valence-corrected chi connectivity index (χ4v) is 1.33. The number of carbonyl (C=O) groups is 2. The lowest BCUT2D eigenvalue weighted by Crippen LogP contribution is -2.28. The van der Waals surface area contributed by atoms with Crippen LogP contribution in [0.2, 0.25) is 0 Å². The smallest absolute Gasteiger partial charge is 0.303 e. The number of hydrogen-bond acceptors (Lipinski definition) is 3. The van der Waals surface area contributed by atoms with Crippen LogP contribution in [-0.4, -0.2) is 35.5 Å². The van der Waals surface area contributed by atoms with Crippen molar-refractivity contribution in [1.82, 2.24) is 4.90 Å². The molecule has 0 aliphatic rings. The van der Waals surface area contributed by atoms with Gasteiger partial charge in [-0.1, -0.05) is 0 Å². The molecule has 0 atom stereocenters. The van der Waals surface area contributed by atoms with Crippen LogP contribution in [0, 0.1) is 6.92 Å². The summed E-state index contributed by atoms with van der Waals surface area (Å²) in [6.07, 6.45) is 1.97. The summed E-state index contributed by atoms with van der Waals surface area (Å²) in [4.78, 5) is 23.6. The third-order valence-corrected chi connectivity index (χ3v) is 2.29. The van der Waals surface area contributed by atoms with E-state index in [1.807, 2.05) is 0 Å². The predicted octanol–water partition coefficient (Wildman–Crippen LogP) is 1.52.